The molecule has 4 heteroatoms. The van der Waals surface area contributed by atoms with Crippen molar-refractivity contribution in [2.24, 2.45) is 0 Å². The van der Waals surface area contributed by atoms with Gasteiger partial charge in [-0.3, -0.25) is 9.59 Å². The molecule has 0 N–H and O–H groups in total. The molecule has 0 aromatic heterocycles. The van der Waals surface area contributed by atoms with E-state index in [4.69, 9.17) is 4.74 Å². The number of carbonyl (C=O) groups excluding carboxylic acids is 2. The molecular formula is C15H17IO3. The summed E-state index contributed by atoms with van der Waals surface area (Å²) >= 11 is 2.30. The first-order valence-electron chi connectivity index (χ1n) is 6.57. The molecule has 0 bridgehead atoms. The Morgan fingerprint density at radius 3 is 2.84 bits per heavy atom. The van der Waals surface area contributed by atoms with Gasteiger partial charge in [-0.05, 0) is 65.1 Å². The number of halogens is 1. The largest absolute Gasteiger partial charge is 0.466 e. The van der Waals surface area contributed by atoms with Gasteiger partial charge in [-0.2, -0.15) is 0 Å². The van der Waals surface area contributed by atoms with E-state index in [0.29, 0.717) is 38.1 Å². The maximum Gasteiger partial charge on any atom is 0.306 e. The Balaban J connectivity index is 2.11. The highest BCUT2D eigenvalue weighted by atomic mass is 127. The van der Waals surface area contributed by atoms with E-state index in [-0.39, 0.29) is 5.97 Å². The van der Waals surface area contributed by atoms with Crippen molar-refractivity contribution in [1.29, 1.82) is 0 Å². The Kier molecular flexibility index (Phi) is 4.96. The van der Waals surface area contributed by atoms with Crippen LogP contribution in [0.2, 0.25) is 0 Å². The molecule has 1 aromatic carbocycles. The molecule has 0 saturated carbocycles. The summed E-state index contributed by atoms with van der Waals surface area (Å²) in [4.78, 5) is 22.9. The highest BCUT2D eigenvalue weighted by molar-refractivity contribution is 14.1. The summed E-state index contributed by atoms with van der Waals surface area (Å²) in [6, 6.07) is 4.25. The molecule has 0 radical (unpaired) electrons. The van der Waals surface area contributed by atoms with Crippen molar-refractivity contribution in [1.82, 2.24) is 0 Å². The van der Waals surface area contributed by atoms with E-state index < -0.39 is 0 Å². The first-order chi connectivity index (χ1) is 9.10. The second-order valence-electron chi connectivity index (χ2n) is 4.73. The summed E-state index contributed by atoms with van der Waals surface area (Å²) < 4.78 is 6.11. The Hall–Kier alpha value is -0.910. The summed E-state index contributed by atoms with van der Waals surface area (Å²) in [6.07, 6.45) is 3.13. The average Bonchev–Trinajstić information content (AvgIpc) is 2.37. The third-order valence-electron chi connectivity index (χ3n) is 3.33. The second kappa shape index (κ2) is 6.50. The van der Waals surface area contributed by atoms with Gasteiger partial charge in [0.05, 0.1) is 6.61 Å². The van der Waals surface area contributed by atoms with Crippen molar-refractivity contribution in [3.05, 3.63) is 32.4 Å². The fourth-order valence-electron chi connectivity index (χ4n) is 2.34. The molecule has 0 amide bonds. The predicted molar refractivity (Wildman–Crippen MR) is 81.1 cm³/mol. The number of Topliss-reactive ketones (excluding diaryl/α,β-unsaturated/α-hetero) is 1. The monoisotopic (exact) mass is 372 g/mol. The SMILES string of the molecule is CCOC(=O)CCc1cc2c(cc1I)CCC(=O)C2. The maximum absolute atomic E-state index is 11.5. The van der Waals surface area contributed by atoms with Crippen LogP contribution in [0.25, 0.3) is 0 Å². The topological polar surface area (TPSA) is 43.4 Å². The minimum Gasteiger partial charge on any atom is -0.466 e. The average molecular weight is 372 g/mol. The first kappa shape index (κ1) is 14.5. The van der Waals surface area contributed by atoms with Gasteiger partial charge in [0.15, 0.2) is 0 Å². The quantitative estimate of drug-likeness (QED) is 0.603. The molecular weight excluding hydrogens is 355 g/mol. The summed E-state index contributed by atoms with van der Waals surface area (Å²) in [5.41, 5.74) is 3.56. The van der Waals surface area contributed by atoms with E-state index in [0.717, 1.165) is 17.5 Å². The standard InChI is InChI=1S/C15H17IO3/c1-2-19-15(18)6-4-11-7-12-8-13(17)5-3-10(12)9-14(11)16/h7,9H,2-6,8H2,1H3. The number of hydrogen-bond donors (Lipinski definition) is 0. The molecule has 0 unspecified atom stereocenters. The first-order valence-corrected chi connectivity index (χ1v) is 7.65. The van der Waals surface area contributed by atoms with Crippen molar-refractivity contribution in [2.75, 3.05) is 6.61 Å². The van der Waals surface area contributed by atoms with Gasteiger partial charge in [0.1, 0.15) is 5.78 Å². The Morgan fingerprint density at radius 2 is 2.11 bits per heavy atom. The molecule has 0 saturated heterocycles. The van der Waals surface area contributed by atoms with E-state index in [2.05, 4.69) is 34.7 Å². The molecule has 1 aliphatic rings. The van der Waals surface area contributed by atoms with Crippen molar-refractivity contribution in [3.8, 4) is 0 Å². The van der Waals surface area contributed by atoms with E-state index in [1.165, 1.54) is 9.13 Å². The van der Waals surface area contributed by atoms with Crippen molar-refractivity contribution in [3.63, 3.8) is 0 Å². The third-order valence-corrected chi connectivity index (χ3v) is 4.34. The molecule has 0 atom stereocenters. The smallest absolute Gasteiger partial charge is 0.306 e. The minimum atomic E-state index is -0.160. The van der Waals surface area contributed by atoms with Crippen LogP contribution >= 0.6 is 22.6 Å². The van der Waals surface area contributed by atoms with Crippen LogP contribution in [-0.4, -0.2) is 18.4 Å². The lowest BCUT2D eigenvalue weighted by Crippen LogP contribution is -2.14. The number of esters is 1. The van der Waals surface area contributed by atoms with Crippen molar-refractivity contribution >= 4 is 34.3 Å². The second-order valence-corrected chi connectivity index (χ2v) is 5.89. The molecule has 0 fully saturated rings. The van der Waals surface area contributed by atoms with E-state index in [1.54, 1.807) is 0 Å². The van der Waals surface area contributed by atoms with Gasteiger partial charge in [-0.1, -0.05) is 6.07 Å². The van der Waals surface area contributed by atoms with Crippen LogP contribution in [-0.2, 0) is 33.6 Å². The number of fused-ring (bicyclic) bond motifs is 1. The number of ether oxygens (including phenoxy) is 1. The highest BCUT2D eigenvalue weighted by Gasteiger charge is 2.17. The number of benzene rings is 1. The zero-order chi connectivity index (χ0) is 13.8. The summed E-state index contributed by atoms with van der Waals surface area (Å²) in [6.45, 7) is 2.24. The van der Waals surface area contributed by atoms with Gasteiger partial charge in [0, 0.05) is 22.8 Å². The Bertz CT molecular complexity index is 508. The van der Waals surface area contributed by atoms with Crippen LogP contribution < -0.4 is 0 Å². The Morgan fingerprint density at radius 1 is 1.32 bits per heavy atom. The molecule has 0 aliphatic heterocycles. The minimum absolute atomic E-state index is 0.160. The molecule has 19 heavy (non-hydrogen) atoms. The normalized spacial score (nSPS) is 14.1. The molecule has 1 aliphatic carbocycles. The highest BCUT2D eigenvalue weighted by Crippen LogP contribution is 2.25. The molecule has 102 valence electrons. The molecule has 0 heterocycles. The number of carbonyl (C=O) groups is 2. The third kappa shape index (κ3) is 3.78. The Labute approximate surface area is 126 Å². The number of ketones is 1. The summed E-state index contributed by atoms with van der Waals surface area (Å²) in [5.74, 6) is 0.150. The number of hydrogen-bond acceptors (Lipinski definition) is 3. The lowest BCUT2D eigenvalue weighted by molar-refractivity contribution is -0.143. The van der Waals surface area contributed by atoms with Crippen LogP contribution in [0.3, 0.4) is 0 Å². The predicted octanol–water partition coefficient (Wildman–Crippen LogP) is 2.84. The van der Waals surface area contributed by atoms with E-state index in [9.17, 15) is 9.59 Å². The molecule has 1 aromatic rings. The van der Waals surface area contributed by atoms with Crippen LogP contribution in [0.1, 0.15) is 36.5 Å². The zero-order valence-electron chi connectivity index (χ0n) is 11.0. The van der Waals surface area contributed by atoms with Crippen LogP contribution in [0.15, 0.2) is 12.1 Å². The summed E-state index contributed by atoms with van der Waals surface area (Å²) in [5, 5.41) is 0. The molecule has 0 spiro atoms. The van der Waals surface area contributed by atoms with Crippen LogP contribution in [0, 0.1) is 3.57 Å². The van der Waals surface area contributed by atoms with Gasteiger partial charge in [0.25, 0.3) is 0 Å². The molecule has 3 nitrogen and oxygen atoms in total. The van der Waals surface area contributed by atoms with Gasteiger partial charge >= 0.3 is 5.97 Å². The fourth-order valence-corrected chi connectivity index (χ4v) is 3.15. The lowest BCUT2D eigenvalue weighted by Gasteiger charge is -2.17. The van der Waals surface area contributed by atoms with Crippen LogP contribution in [0.4, 0.5) is 0 Å². The van der Waals surface area contributed by atoms with Gasteiger partial charge in [-0.25, -0.2) is 0 Å². The fraction of sp³-hybridized carbons (Fsp3) is 0.467. The van der Waals surface area contributed by atoms with E-state index in [1.807, 2.05) is 6.92 Å². The van der Waals surface area contributed by atoms with Gasteiger partial charge in [0.2, 0.25) is 0 Å². The van der Waals surface area contributed by atoms with Crippen molar-refractivity contribution in [2.45, 2.75) is 39.0 Å². The van der Waals surface area contributed by atoms with Gasteiger partial charge < -0.3 is 4.74 Å². The number of aryl methyl sites for hydroxylation is 2. The van der Waals surface area contributed by atoms with Crippen LogP contribution in [0.5, 0.6) is 0 Å². The lowest BCUT2D eigenvalue weighted by atomic mass is 9.89. The molecule has 2 rings (SSSR count). The maximum atomic E-state index is 11.5. The summed E-state index contributed by atoms with van der Waals surface area (Å²) in [7, 11) is 0. The zero-order valence-corrected chi connectivity index (χ0v) is 13.2. The van der Waals surface area contributed by atoms with E-state index >= 15 is 0 Å². The number of rotatable bonds is 4. The van der Waals surface area contributed by atoms with Crippen molar-refractivity contribution < 1.29 is 14.3 Å². The van der Waals surface area contributed by atoms with Gasteiger partial charge in [-0.15, -0.1) is 0 Å².